The van der Waals surface area contributed by atoms with Gasteiger partial charge in [-0.2, -0.15) is 5.10 Å². The van der Waals surface area contributed by atoms with Crippen LogP contribution in [0.3, 0.4) is 0 Å². The molecule has 4 rings (SSSR count). The lowest BCUT2D eigenvalue weighted by Gasteiger charge is -2.26. The van der Waals surface area contributed by atoms with Gasteiger partial charge in [-0.15, -0.1) is 0 Å². The van der Waals surface area contributed by atoms with Crippen molar-refractivity contribution in [1.29, 1.82) is 0 Å². The zero-order valence-corrected chi connectivity index (χ0v) is 16.1. The normalized spacial score (nSPS) is 14.6. The van der Waals surface area contributed by atoms with Crippen LogP contribution >= 0.6 is 0 Å². The molecule has 0 N–H and O–H groups in total. The molecule has 0 amide bonds. The Morgan fingerprint density at radius 1 is 1.07 bits per heavy atom. The molecule has 3 aromatic rings. The maximum atomic E-state index is 11.9. The highest BCUT2D eigenvalue weighted by atomic mass is 16.5. The largest absolute Gasteiger partial charge is 0.489 e. The molecule has 3 heterocycles. The van der Waals surface area contributed by atoms with Crippen molar-refractivity contribution in [3.05, 3.63) is 70.9 Å². The fourth-order valence-corrected chi connectivity index (χ4v) is 3.14. The molecular weight excluding hydrogens is 370 g/mol. The second kappa shape index (κ2) is 9.40. The number of hydrogen-bond donors (Lipinski definition) is 0. The van der Waals surface area contributed by atoms with E-state index in [0.29, 0.717) is 24.7 Å². The first-order valence-electron chi connectivity index (χ1n) is 9.64. The van der Waals surface area contributed by atoms with Crippen molar-refractivity contribution in [3.8, 4) is 17.1 Å². The van der Waals surface area contributed by atoms with E-state index in [1.807, 2.05) is 24.3 Å². The number of aromatic nitrogens is 4. The van der Waals surface area contributed by atoms with Crippen LogP contribution in [0.2, 0.25) is 0 Å². The summed E-state index contributed by atoms with van der Waals surface area (Å²) in [5, 5.41) is 4.10. The van der Waals surface area contributed by atoms with Crippen LogP contribution in [-0.4, -0.2) is 64.1 Å². The summed E-state index contributed by atoms with van der Waals surface area (Å²) in [7, 11) is 0. The molecule has 1 fully saturated rings. The van der Waals surface area contributed by atoms with Crippen LogP contribution in [0, 0.1) is 0 Å². The van der Waals surface area contributed by atoms with Crippen molar-refractivity contribution in [3.63, 3.8) is 0 Å². The van der Waals surface area contributed by atoms with Crippen molar-refractivity contribution in [1.82, 2.24) is 24.6 Å². The Hall–Kier alpha value is -3.10. The summed E-state index contributed by atoms with van der Waals surface area (Å²) >= 11 is 0. The van der Waals surface area contributed by atoms with Crippen LogP contribution in [-0.2, 0) is 11.3 Å². The molecule has 2 aromatic heterocycles. The standard InChI is InChI=1S/C21H23N5O3/c27-20-5-2-6-24-26(20)16-17-3-1-4-18(13-17)21-22-14-19(15-23-21)29-12-9-25-7-10-28-11-8-25/h1-6,13-15H,7-12,16H2. The summed E-state index contributed by atoms with van der Waals surface area (Å²) in [6, 6.07) is 10.9. The van der Waals surface area contributed by atoms with E-state index >= 15 is 0 Å². The topological polar surface area (TPSA) is 82.4 Å². The fraction of sp³-hybridized carbons (Fsp3) is 0.333. The SMILES string of the molecule is O=c1cccnn1Cc1cccc(-c2ncc(OCCN3CCOCC3)cn2)c1. The zero-order valence-electron chi connectivity index (χ0n) is 16.1. The quantitative estimate of drug-likeness (QED) is 0.601. The van der Waals surface area contributed by atoms with Gasteiger partial charge in [0.05, 0.1) is 32.2 Å². The zero-order chi connectivity index (χ0) is 19.9. The van der Waals surface area contributed by atoms with Gasteiger partial charge in [-0.3, -0.25) is 9.69 Å². The molecule has 29 heavy (non-hydrogen) atoms. The lowest BCUT2D eigenvalue weighted by atomic mass is 10.1. The summed E-state index contributed by atoms with van der Waals surface area (Å²) in [5.41, 5.74) is 1.71. The van der Waals surface area contributed by atoms with Crippen LogP contribution in [0.15, 0.2) is 59.8 Å². The summed E-state index contributed by atoms with van der Waals surface area (Å²) in [6.07, 6.45) is 4.99. The van der Waals surface area contributed by atoms with Gasteiger partial charge in [0.2, 0.25) is 0 Å². The van der Waals surface area contributed by atoms with E-state index in [1.54, 1.807) is 24.7 Å². The van der Waals surface area contributed by atoms with Gasteiger partial charge in [0.1, 0.15) is 6.61 Å². The Morgan fingerprint density at radius 2 is 1.90 bits per heavy atom. The summed E-state index contributed by atoms with van der Waals surface area (Å²) in [5.74, 6) is 1.26. The van der Waals surface area contributed by atoms with Gasteiger partial charge in [0, 0.05) is 37.5 Å². The summed E-state index contributed by atoms with van der Waals surface area (Å²) in [6.45, 7) is 5.31. The van der Waals surface area contributed by atoms with E-state index in [-0.39, 0.29) is 5.56 Å². The fourth-order valence-electron chi connectivity index (χ4n) is 3.14. The van der Waals surface area contributed by atoms with Crippen LogP contribution in [0.4, 0.5) is 0 Å². The van der Waals surface area contributed by atoms with Crippen LogP contribution < -0.4 is 10.3 Å². The smallest absolute Gasteiger partial charge is 0.267 e. The lowest BCUT2D eigenvalue weighted by Crippen LogP contribution is -2.38. The minimum absolute atomic E-state index is 0.132. The van der Waals surface area contributed by atoms with Gasteiger partial charge in [-0.25, -0.2) is 14.6 Å². The van der Waals surface area contributed by atoms with Crippen molar-refractivity contribution in [2.45, 2.75) is 6.54 Å². The summed E-state index contributed by atoms with van der Waals surface area (Å²) in [4.78, 5) is 23.0. The number of morpholine rings is 1. The van der Waals surface area contributed by atoms with Gasteiger partial charge in [-0.05, 0) is 17.7 Å². The van der Waals surface area contributed by atoms with Crippen LogP contribution in [0.5, 0.6) is 5.75 Å². The highest BCUT2D eigenvalue weighted by molar-refractivity contribution is 5.56. The number of ether oxygens (including phenoxy) is 2. The molecule has 0 atom stereocenters. The molecule has 1 aliphatic rings. The second-order valence-corrected chi connectivity index (χ2v) is 6.76. The van der Waals surface area contributed by atoms with E-state index in [2.05, 4.69) is 20.0 Å². The highest BCUT2D eigenvalue weighted by Crippen LogP contribution is 2.18. The van der Waals surface area contributed by atoms with E-state index in [4.69, 9.17) is 9.47 Å². The Balaban J connectivity index is 1.37. The van der Waals surface area contributed by atoms with E-state index in [0.717, 1.165) is 44.0 Å². The lowest BCUT2D eigenvalue weighted by molar-refractivity contribution is 0.0322. The molecule has 0 spiro atoms. The van der Waals surface area contributed by atoms with Crippen molar-refractivity contribution < 1.29 is 9.47 Å². The molecule has 8 nitrogen and oxygen atoms in total. The molecule has 0 radical (unpaired) electrons. The number of nitrogens with zero attached hydrogens (tertiary/aromatic N) is 5. The predicted molar refractivity (Wildman–Crippen MR) is 108 cm³/mol. The van der Waals surface area contributed by atoms with Crippen LogP contribution in [0.1, 0.15) is 5.56 Å². The molecule has 0 aliphatic carbocycles. The average molecular weight is 393 g/mol. The van der Waals surface area contributed by atoms with E-state index < -0.39 is 0 Å². The minimum Gasteiger partial charge on any atom is -0.489 e. The van der Waals surface area contributed by atoms with Gasteiger partial charge in [-0.1, -0.05) is 18.2 Å². The summed E-state index contributed by atoms with van der Waals surface area (Å²) < 4.78 is 12.5. The molecule has 1 saturated heterocycles. The molecule has 8 heteroatoms. The Labute approximate surface area is 168 Å². The third-order valence-corrected chi connectivity index (χ3v) is 4.71. The van der Waals surface area contributed by atoms with Gasteiger partial charge in [0.25, 0.3) is 5.56 Å². The Morgan fingerprint density at radius 3 is 2.69 bits per heavy atom. The van der Waals surface area contributed by atoms with Gasteiger partial charge in [0.15, 0.2) is 11.6 Å². The van der Waals surface area contributed by atoms with Crippen molar-refractivity contribution in [2.75, 3.05) is 39.5 Å². The first kappa shape index (κ1) is 19.2. The first-order chi connectivity index (χ1) is 14.3. The molecule has 0 bridgehead atoms. The molecule has 0 saturated carbocycles. The van der Waals surface area contributed by atoms with Gasteiger partial charge >= 0.3 is 0 Å². The first-order valence-corrected chi connectivity index (χ1v) is 9.64. The average Bonchev–Trinajstić information content (AvgIpc) is 2.77. The molecule has 1 aliphatic heterocycles. The van der Waals surface area contributed by atoms with E-state index in [9.17, 15) is 4.79 Å². The third-order valence-electron chi connectivity index (χ3n) is 4.71. The highest BCUT2D eigenvalue weighted by Gasteiger charge is 2.10. The monoisotopic (exact) mass is 393 g/mol. The number of rotatable bonds is 7. The third kappa shape index (κ3) is 5.24. The van der Waals surface area contributed by atoms with Crippen molar-refractivity contribution >= 4 is 0 Å². The Kier molecular flexibility index (Phi) is 6.23. The molecule has 1 aromatic carbocycles. The van der Waals surface area contributed by atoms with Crippen molar-refractivity contribution in [2.24, 2.45) is 0 Å². The maximum Gasteiger partial charge on any atom is 0.267 e. The van der Waals surface area contributed by atoms with E-state index in [1.165, 1.54) is 10.7 Å². The molecule has 150 valence electrons. The Bertz CT molecular complexity index is 984. The molecule has 0 unspecified atom stereocenters. The number of hydrogen-bond acceptors (Lipinski definition) is 7. The second-order valence-electron chi connectivity index (χ2n) is 6.76. The predicted octanol–water partition coefficient (Wildman–Crippen LogP) is 1.46. The molecular formula is C21H23N5O3. The number of benzene rings is 1. The maximum absolute atomic E-state index is 11.9. The van der Waals surface area contributed by atoms with Crippen LogP contribution in [0.25, 0.3) is 11.4 Å². The minimum atomic E-state index is -0.132. The van der Waals surface area contributed by atoms with Gasteiger partial charge < -0.3 is 9.47 Å².